The first-order valence-corrected chi connectivity index (χ1v) is 4.30. The molecular weight excluding hydrogens is 152 g/mol. The summed E-state index contributed by atoms with van der Waals surface area (Å²) in [6.07, 6.45) is 5.08. The van der Waals surface area contributed by atoms with Crippen LogP contribution in [0.4, 0.5) is 0 Å². The van der Waals surface area contributed by atoms with Gasteiger partial charge in [0, 0.05) is 0 Å². The number of carboxylic acids is 1. The maximum absolute atomic E-state index is 10.4. The molecule has 0 aliphatic heterocycles. The molecule has 0 aromatic rings. The Labute approximate surface area is 74.3 Å². The minimum absolute atomic E-state index is 0.0746. The molecule has 0 bridgehead atoms. The van der Waals surface area contributed by atoms with Crippen LogP contribution >= 0.6 is 0 Å². The van der Waals surface area contributed by atoms with Crippen LogP contribution in [0.3, 0.4) is 0 Å². The average Bonchev–Trinajstić information content (AvgIpc) is 1.84. The molecule has 0 unspecified atom stereocenters. The molecule has 0 spiro atoms. The SMILES string of the molecule is C=CCCCC(C)(C)CC(=O)O. The third-order valence-corrected chi connectivity index (χ3v) is 1.89. The summed E-state index contributed by atoms with van der Waals surface area (Å²) in [6, 6.07) is 0. The smallest absolute Gasteiger partial charge is 0.303 e. The Morgan fingerprint density at radius 3 is 2.58 bits per heavy atom. The molecule has 0 aromatic carbocycles. The van der Waals surface area contributed by atoms with Crippen molar-refractivity contribution in [3.63, 3.8) is 0 Å². The minimum atomic E-state index is -0.710. The van der Waals surface area contributed by atoms with Gasteiger partial charge in [-0.05, 0) is 24.7 Å². The summed E-state index contributed by atoms with van der Waals surface area (Å²) in [6.45, 7) is 7.61. The molecular formula is C10H18O2. The van der Waals surface area contributed by atoms with E-state index in [1.165, 1.54) is 0 Å². The Kier molecular flexibility index (Phi) is 4.64. The predicted molar refractivity (Wildman–Crippen MR) is 50.1 cm³/mol. The highest BCUT2D eigenvalue weighted by Gasteiger charge is 2.20. The highest BCUT2D eigenvalue weighted by Crippen LogP contribution is 2.27. The number of hydrogen-bond acceptors (Lipinski definition) is 1. The van der Waals surface area contributed by atoms with E-state index < -0.39 is 5.97 Å². The topological polar surface area (TPSA) is 37.3 Å². The molecule has 1 N–H and O–H groups in total. The number of hydrogen-bond donors (Lipinski definition) is 1. The molecule has 2 nitrogen and oxygen atoms in total. The summed E-state index contributed by atoms with van der Waals surface area (Å²) in [7, 11) is 0. The maximum Gasteiger partial charge on any atom is 0.303 e. The van der Waals surface area contributed by atoms with Crippen molar-refractivity contribution in [2.45, 2.75) is 39.5 Å². The predicted octanol–water partition coefficient (Wildman–Crippen LogP) is 2.84. The molecule has 2 heteroatoms. The second-order valence-corrected chi connectivity index (χ2v) is 3.92. The van der Waals surface area contributed by atoms with Gasteiger partial charge >= 0.3 is 5.97 Å². The van der Waals surface area contributed by atoms with Gasteiger partial charge in [-0.1, -0.05) is 19.9 Å². The molecule has 0 aromatic heterocycles. The van der Waals surface area contributed by atoms with Crippen LogP contribution < -0.4 is 0 Å². The van der Waals surface area contributed by atoms with Gasteiger partial charge in [0.25, 0.3) is 0 Å². The van der Waals surface area contributed by atoms with E-state index in [9.17, 15) is 4.79 Å². The normalized spacial score (nSPS) is 11.2. The van der Waals surface area contributed by atoms with Gasteiger partial charge in [-0.2, -0.15) is 0 Å². The summed E-state index contributed by atoms with van der Waals surface area (Å²) >= 11 is 0. The second kappa shape index (κ2) is 4.96. The van der Waals surface area contributed by atoms with E-state index in [1.807, 2.05) is 19.9 Å². The molecule has 0 aliphatic carbocycles. The fraction of sp³-hybridized carbons (Fsp3) is 0.700. The van der Waals surface area contributed by atoms with Gasteiger partial charge in [0.15, 0.2) is 0 Å². The zero-order valence-electron chi connectivity index (χ0n) is 7.97. The fourth-order valence-electron chi connectivity index (χ4n) is 1.22. The number of carbonyl (C=O) groups is 1. The zero-order chi connectivity index (χ0) is 9.61. The van der Waals surface area contributed by atoms with Crippen LogP contribution in [0.2, 0.25) is 0 Å². The molecule has 0 heterocycles. The van der Waals surface area contributed by atoms with Gasteiger partial charge in [0.2, 0.25) is 0 Å². The van der Waals surface area contributed by atoms with Crippen molar-refractivity contribution in [3.8, 4) is 0 Å². The maximum atomic E-state index is 10.4. The number of carboxylic acid groups (broad SMARTS) is 1. The van der Waals surface area contributed by atoms with Crippen LogP contribution in [-0.4, -0.2) is 11.1 Å². The summed E-state index contributed by atoms with van der Waals surface area (Å²) in [5, 5.41) is 8.59. The quantitative estimate of drug-likeness (QED) is 0.491. The monoisotopic (exact) mass is 170 g/mol. The van der Waals surface area contributed by atoms with Crippen molar-refractivity contribution in [1.29, 1.82) is 0 Å². The first-order chi connectivity index (χ1) is 5.48. The minimum Gasteiger partial charge on any atom is -0.481 e. The second-order valence-electron chi connectivity index (χ2n) is 3.92. The molecule has 0 saturated carbocycles. The number of rotatable bonds is 6. The van der Waals surface area contributed by atoms with Crippen molar-refractivity contribution >= 4 is 5.97 Å². The van der Waals surface area contributed by atoms with Gasteiger partial charge in [0.05, 0.1) is 6.42 Å². The van der Waals surface area contributed by atoms with Gasteiger partial charge in [-0.3, -0.25) is 4.79 Å². The van der Waals surface area contributed by atoms with Crippen LogP contribution in [0.1, 0.15) is 39.5 Å². The Morgan fingerprint density at radius 2 is 2.17 bits per heavy atom. The number of unbranched alkanes of at least 4 members (excludes halogenated alkanes) is 1. The van der Waals surface area contributed by atoms with E-state index in [2.05, 4.69) is 6.58 Å². The largest absolute Gasteiger partial charge is 0.481 e. The van der Waals surface area contributed by atoms with E-state index in [-0.39, 0.29) is 11.8 Å². The molecule has 0 rings (SSSR count). The van der Waals surface area contributed by atoms with Gasteiger partial charge in [-0.15, -0.1) is 6.58 Å². The summed E-state index contributed by atoms with van der Waals surface area (Å²) in [5.74, 6) is -0.710. The highest BCUT2D eigenvalue weighted by molar-refractivity contribution is 5.67. The van der Waals surface area contributed by atoms with Gasteiger partial charge < -0.3 is 5.11 Å². The Hall–Kier alpha value is -0.790. The molecule has 70 valence electrons. The van der Waals surface area contributed by atoms with Crippen molar-refractivity contribution < 1.29 is 9.90 Å². The Bertz CT molecular complexity index is 159. The van der Waals surface area contributed by atoms with Gasteiger partial charge in [-0.25, -0.2) is 0 Å². The molecule has 0 aliphatic rings. The average molecular weight is 170 g/mol. The third-order valence-electron chi connectivity index (χ3n) is 1.89. The van der Waals surface area contributed by atoms with E-state index in [1.54, 1.807) is 0 Å². The van der Waals surface area contributed by atoms with Crippen molar-refractivity contribution in [3.05, 3.63) is 12.7 Å². The first kappa shape index (κ1) is 11.2. The van der Waals surface area contributed by atoms with Crippen molar-refractivity contribution in [2.75, 3.05) is 0 Å². The lowest BCUT2D eigenvalue weighted by molar-refractivity contribution is -0.139. The van der Waals surface area contributed by atoms with E-state index in [4.69, 9.17) is 5.11 Å². The molecule has 12 heavy (non-hydrogen) atoms. The summed E-state index contributed by atoms with van der Waals surface area (Å²) < 4.78 is 0. The highest BCUT2D eigenvalue weighted by atomic mass is 16.4. The molecule has 0 saturated heterocycles. The van der Waals surface area contributed by atoms with E-state index >= 15 is 0 Å². The standard InChI is InChI=1S/C10H18O2/c1-4-5-6-7-10(2,3)8-9(11)12/h4H,1,5-8H2,2-3H3,(H,11,12). The number of aliphatic carboxylic acids is 1. The lowest BCUT2D eigenvalue weighted by atomic mass is 9.84. The van der Waals surface area contributed by atoms with Crippen LogP contribution in [0, 0.1) is 5.41 Å². The first-order valence-electron chi connectivity index (χ1n) is 4.30. The lowest BCUT2D eigenvalue weighted by Gasteiger charge is -2.21. The van der Waals surface area contributed by atoms with Crippen LogP contribution in [0.15, 0.2) is 12.7 Å². The van der Waals surface area contributed by atoms with Crippen molar-refractivity contribution in [2.24, 2.45) is 5.41 Å². The van der Waals surface area contributed by atoms with Gasteiger partial charge in [0.1, 0.15) is 0 Å². The lowest BCUT2D eigenvalue weighted by Crippen LogP contribution is -2.16. The van der Waals surface area contributed by atoms with E-state index in [0.29, 0.717) is 0 Å². The summed E-state index contributed by atoms with van der Waals surface area (Å²) in [4.78, 5) is 10.4. The third kappa shape index (κ3) is 5.96. The molecule has 0 fully saturated rings. The molecule has 0 radical (unpaired) electrons. The molecule has 0 amide bonds. The fourth-order valence-corrected chi connectivity index (χ4v) is 1.22. The number of allylic oxidation sites excluding steroid dienone is 1. The summed E-state index contributed by atoms with van der Waals surface area (Å²) in [5.41, 5.74) is -0.0746. The Balaban J connectivity index is 3.70. The van der Waals surface area contributed by atoms with Crippen LogP contribution in [0.5, 0.6) is 0 Å². The van der Waals surface area contributed by atoms with E-state index in [0.717, 1.165) is 19.3 Å². The molecule has 0 atom stereocenters. The van der Waals surface area contributed by atoms with Crippen LogP contribution in [0.25, 0.3) is 0 Å². The zero-order valence-corrected chi connectivity index (χ0v) is 7.97. The van der Waals surface area contributed by atoms with Crippen molar-refractivity contribution in [1.82, 2.24) is 0 Å². The van der Waals surface area contributed by atoms with Crippen LogP contribution in [-0.2, 0) is 4.79 Å². The Morgan fingerprint density at radius 1 is 1.58 bits per heavy atom.